The smallest absolute Gasteiger partial charge is 0.232 e. The van der Waals surface area contributed by atoms with Crippen LogP contribution in [0, 0.1) is 18.8 Å². The third-order valence-corrected chi connectivity index (χ3v) is 3.49. The van der Waals surface area contributed by atoms with E-state index in [4.69, 9.17) is 5.11 Å². The molecule has 1 rings (SSSR count). The molecule has 0 unspecified atom stereocenters. The van der Waals surface area contributed by atoms with Crippen LogP contribution in [0.1, 0.15) is 18.1 Å². The van der Waals surface area contributed by atoms with Gasteiger partial charge in [0.15, 0.2) is 0 Å². The van der Waals surface area contributed by atoms with Gasteiger partial charge in [-0.2, -0.15) is 0 Å². The van der Waals surface area contributed by atoms with Crippen LogP contribution in [0.5, 0.6) is 0 Å². The molecule has 0 saturated heterocycles. The van der Waals surface area contributed by atoms with E-state index in [1.165, 1.54) is 0 Å². The van der Waals surface area contributed by atoms with Gasteiger partial charge >= 0.3 is 0 Å². The van der Waals surface area contributed by atoms with E-state index in [0.29, 0.717) is 11.3 Å². The first-order valence-electron chi connectivity index (χ1n) is 5.19. The number of aryl methyl sites for hydroxylation is 1. The molecule has 0 fully saturated rings. The number of aliphatic hydroxyl groups is 1. The third kappa shape index (κ3) is 4.10. The molecule has 0 aliphatic carbocycles. The molecule has 0 aliphatic heterocycles. The maximum atomic E-state index is 11.5. The van der Waals surface area contributed by atoms with Crippen LogP contribution in [-0.2, 0) is 10.0 Å². The van der Waals surface area contributed by atoms with E-state index in [1.807, 2.05) is 6.92 Å². The van der Waals surface area contributed by atoms with Crippen molar-refractivity contribution in [2.24, 2.45) is 0 Å². The fraction of sp³-hybridized carbons (Fsp3) is 0.333. The Labute approximate surface area is 102 Å². The molecule has 0 aromatic heterocycles. The number of sulfonamides is 1. The Hall–Kier alpha value is -1.51. The highest BCUT2D eigenvalue weighted by Gasteiger charge is 2.08. The zero-order chi connectivity index (χ0) is 12.9. The van der Waals surface area contributed by atoms with Crippen LogP contribution in [0.4, 0.5) is 5.69 Å². The van der Waals surface area contributed by atoms with Crippen LogP contribution in [0.15, 0.2) is 18.2 Å². The second kappa shape index (κ2) is 5.71. The molecule has 17 heavy (non-hydrogen) atoms. The molecule has 2 N–H and O–H groups in total. The minimum atomic E-state index is -3.28. The van der Waals surface area contributed by atoms with Crippen LogP contribution in [0.2, 0.25) is 0 Å². The van der Waals surface area contributed by atoms with Crippen molar-refractivity contribution in [3.8, 4) is 11.8 Å². The topological polar surface area (TPSA) is 66.4 Å². The molecule has 92 valence electrons. The number of aliphatic hydroxyl groups excluding tert-OH is 1. The zero-order valence-corrected chi connectivity index (χ0v) is 10.6. The minimum absolute atomic E-state index is 0.0268. The Morgan fingerprint density at radius 2 is 2.12 bits per heavy atom. The standard InChI is InChI=1S/C12H15NO3S/c1-3-17(15,16)13-12-9-11(5-4-8-14)7-6-10(12)2/h6-7,9,13-14H,3,8H2,1-2H3. The Balaban J connectivity index is 3.07. The van der Waals surface area contributed by atoms with Gasteiger partial charge in [-0.3, -0.25) is 4.72 Å². The Kier molecular flexibility index (Phi) is 4.55. The maximum Gasteiger partial charge on any atom is 0.232 e. The molecule has 0 radical (unpaired) electrons. The van der Waals surface area contributed by atoms with Gasteiger partial charge in [0, 0.05) is 5.56 Å². The van der Waals surface area contributed by atoms with E-state index in [9.17, 15) is 8.42 Å². The van der Waals surface area contributed by atoms with Crippen molar-refractivity contribution >= 4 is 15.7 Å². The second-order valence-electron chi connectivity index (χ2n) is 3.50. The molecule has 0 heterocycles. The Bertz CT molecular complexity index is 553. The predicted octanol–water partition coefficient (Wildman–Crippen LogP) is 1.10. The summed E-state index contributed by atoms with van der Waals surface area (Å²) in [6.45, 7) is 3.17. The van der Waals surface area contributed by atoms with Crippen LogP contribution >= 0.6 is 0 Å². The van der Waals surface area contributed by atoms with Crippen LogP contribution in [0.25, 0.3) is 0 Å². The van der Waals surface area contributed by atoms with Crippen LogP contribution in [-0.4, -0.2) is 25.9 Å². The molecule has 1 aromatic carbocycles. The summed E-state index contributed by atoms with van der Waals surface area (Å²) < 4.78 is 25.4. The van der Waals surface area contributed by atoms with Gasteiger partial charge in [0.1, 0.15) is 6.61 Å². The number of hydrogen-bond donors (Lipinski definition) is 2. The lowest BCUT2D eigenvalue weighted by atomic mass is 10.1. The van der Waals surface area contributed by atoms with Crippen molar-refractivity contribution in [1.82, 2.24) is 0 Å². The highest BCUT2D eigenvalue weighted by Crippen LogP contribution is 2.17. The lowest BCUT2D eigenvalue weighted by Crippen LogP contribution is -2.15. The summed E-state index contributed by atoms with van der Waals surface area (Å²) in [6, 6.07) is 5.22. The highest BCUT2D eigenvalue weighted by atomic mass is 32.2. The number of nitrogens with one attached hydrogen (secondary N) is 1. The first-order chi connectivity index (χ1) is 7.98. The van der Waals surface area contributed by atoms with Crippen LogP contribution in [0.3, 0.4) is 0 Å². The molecule has 5 heteroatoms. The molecular formula is C12H15NO3S. The Morgan fingerprint density at radius 1 is 1.41 bits per heavy atom. The number of hydrogen-bond acceptors (Lipinski definition) is 3. The number of benzene rings is 1. The fourth-order valence-corrected chi connectivity index (χ4v) is 1.89. The Morgan fingerprint density at radius 3 is 2.71 bits per heavy atom. The largest absolute Gasteiger partial charge is 0.384 e. The predicted molar refractivity (Wildman–Crippen MR) is 68.2 cm³/mol. The molecule has 4 nitrogen and oxygen atoms in total. The SMILES string of the molecule is CCS(=O)(=O)Nc1cc(C#CCO)ccc1C. The van der Waals surface area contributed by atoms with Gasteiger partial charge in [-0.25, -0.2) is 8.42 Å². The van der Waals surface area contributed by atoms with Crippen molar-refractivity contribution in [3.05, 3.63) is 29.3 Å². The van der Waals surface area contributed by atoms with Crippen molar-refractivity contribution in [2.75, 3.05) is 17.1 Å². The van der Waals surface area contributed by atoms with Crippen molar-refractivity contribution < 1.29 is 13.5 Å². The summed E-state index contributed by atoms with van der Waals surface area (Å²) in [5.41, 5.74) is 2.02. The zero-order valence-electron chi connectivity index (χ0n) is 9.82. The van der Waals surface area contributed by atoms with E-state index < -0.39 is 10.0 Å². The average Bonchev–Trinajstić information content (AvgIpc) is 2.30. The van der Waals surface area contributed by atoms with E-state index >= 15 is 0 Å². The van der Waals surface area contributed by atoms with Gasteiger partial charge < -0.3 is 5.11 Å². The molecule has 0 aliphatic rings. The van der Waals surface area contributed by atoms with Gasteiger partial charge in [0.25, 0.3) is 0 Å². The number of anilines is 1. The van der Waals surface area contributed by atoms with Gasteiger partial charge in [0.05, 0.1) is 11.4 Å². The van der Waals surface area contributed by atoms with Crippen molar-refractivity contribution in [1.29, 1.82) is 0 Å². The summed E-state index contributed by atoms with van der Waals surface area (Å²) in [6.07, 6.45) is 0. The first kappa shape index (κ1) is 13.6. The second-order valence-corrected chi connectivity index (χ2v) is 5.51. The first-order valence-corrected chi connectivity index (χ1v) is 6.84. The summed E-state index contributed by atoms with van der Waals surface area (Å²) in [5.74, 6) is 5.27. The molecule has 0 amide bonds. The fourth-order valence-electron chi connectivity index (χ4n) is 1.19. The molecule has 0 saturated carbocycles. The van der Waals surface area contributed by atoms with E-state index in [0.717, 1.165) is 5.56 Å². The van der Waals surface area contributed by atoms with Gasteiger partial charge in [-0.05, 0) is 31.5 Å². The van der Waals surface area contributed by atoms with E-state index in [1.54, 1.807) is 25.1 Å². The summed E-state index contributed by atoms with van der Waals surface area (Å²) in [4.78, 5) is 0. The summed E-state index contributed by atoms with van der Waals surface area (Å²) in [5, 5.41) is 8.59. The maximum absolute atomic E-state index is 11.5. The monoisotopic (exact) mass is 253 g/mol. The molecular weight excluding hydrogens is 238 g/mol. The van der Waals surface area contributed by atoms with Crippen molar-refractivity contribution in [3.63, 3.8) is 0 Å². The molecule has 0 bridgehead atoms. The molecule has 0 atom stereocenters. The van der Waals surface area contributed by atoms with Gasteiger partial charge in [-0.15, -0.1) is 0 Å². The van der Waals surface area contributed by atoms with E-state index in [2.05, 4.69) is 16.6 Å². The minimum Gasteiger partial charge on any atom is -0.384 e. The third-order valence-electron chi connectivity index (χ3n) is 2.19. The lowest BCUT2D eigenvalue weighted by Gasteiger charge is -2.09. The van der Waals surface area contributed by atoms with Crippen molar-refractivity contribution in [2.45, 2.75) is 13.8 Å². The van der Waals surface area contributed by atoms with Gasteiger partial charge in [-0.1, -0.05) is 17.9 Å². The molecule has 1 aromatic rings. The average molecular weight is 253 g/mol. The normalized spacial score (nSPS) is 10.5. The summed E-state index contributed by atoms with van der Waals surface area (Å²) >= 11 is 0. The highest BCUT2D eigenvalue weighted by molar-refractivity contribution is 7.92. The van der Waals surface area contributed by atoms with Crippen LogP contribution < -0.4 is 4.72 Å². The number of rotatable bonds is 3. The summed E-state index contributed by atoms with van der Waals surface area (Å²) in [7, 11) is -3.28. The van der Waals surface area contributed by atoms with E-state index in [-0.39, 0.29) is 12.4 Å². The quantitative estimate of drug-likeness (QED) is 0.793. The van der Waals surface area contributed by atoms with Gasteiger partial charge in [0.2, 0.25) is 10.0 Å². The lowest BCUT2D eigenvalue weighted by molar-refractivity contribution is 0.350. The molecule has 0 spiro atoms.